The van der Waals surface area contributed by atoms with Crippen molar-refractivity contribution in [3.05, 3.63) is 35.6 Å². The van der Waals surface area contributed by atoms with Crippen LogP contribution in [0.25, 0.3) is 21.9 Å². The van der Waals surface area contributed by atoms with Crippen LogP contribution in [0.1, 0.15) is 11.3 Å². The molecule has 0 amide bonds. The van der Waals surface area contributed by atoms with E-state index in [1.807, 2.05) is 38.1 Å². The zero-order valence-electron chi connectivity index (χ0n) is 10.1. The average Bonchev–Trinajstić information content (AvgIpc) is 2.70. The number of rotatable bonds is 1. The maximum atomic E-state index is 5.76. The van der Waals surface area contributed by atoms with E-state index >= 15 is 0 Å². The molecule has 86 valence electrons. The van der Waals surface area contributed by atoms with Gasteiger partial charge in [-0.25, -0.2) is 4.98 Å². The molecule has 3 aromatic rings. The molecular formula is C14H13NO2. The van der Waals surface area contributed by atoms with Crippen molar-refractivity contribution in [1.29, 1.82) is 0 Å². The van der Waals surface area contributed by atoms with Gasteiger partial charge in [-0.1, -0.05) is 12.1 Å². The zero-order chi connectivity index (χ0) is 12.0. The van der Waals surface area contributed by atoms with Gasteiger partial charge in [-0.2, -0.15) is 0 Å². The lowest BCUT2D eigenvalue weighted by molar-refractivity contribution is 0.404. The third-order valence-electron chi connectivity index (χ3n) is 2.97. The molecule has 0 unspecified atom stereocenters. The number of benzene rings is 1. The molecule has 3 nitrogen and oxygen atoms in total. The lowest BCUT2D eigenvalue weighted by Crippen LogP contribution is -1.91. The fourth-order valence-corrected chi connectivity index (χ4v) is 2.18. The smallest absolute Gasteiger partial charge is 0.225 e. The van der Waals surface area contributed by atoms with Crippen LogP contribution in [0.3, 0.4) is 0 Å². The highest BCUT2D eigenvalue weighted by Gasteiger charge is 2.13. The van der Waals surface area contributed by atoms with Crippen molar-refractivity contribution in [3.8, 4) is 5.88 Å². The second-order valence-corrected chi connectivity index (χ2v) is 4.19. The highest BCUT2D eigenvalue weighted by Crippen LogP contribution is 2.33. The van der Waals surface area contributed by atoms with Gasteiger partial charge in [-0.05, 0) is 31.5 Å². The molecule has 0 spiro atoms. The summed E-state index contributed by atoms with van der Waals surface area (Å²) in [6.45, 7) is 3.97. The average molecular weight is 227 g/mol. The van der Waals surface area contributed by atoms with Gasteiger partial charge >= 0.3 is 0 Å². The minimum Gasteiger partial charge on any atom is -0.480 e. The monoisotopic (exact) mass is 227 g/mol. The number of nitrogens with zero attached hydrogens (tertiary/aromatic N) is 1. The Morgan fingerprint density at radius 1 is 1.18 bits per heavy atom. The molecule has 0 bridgehead atoms. The number of aromatic nitrogens is 1. The van der Waals surface area contributed by atoms with E-state index < -0.39 is 0 Å². The molecule has 0 saturated heterocycles. The SMILES string of the molecule is COc1nc2c(C)cccc2c2oc(C)cc12. The molecule has 17 heavy (non-hydrogen) atoms. The second-order valence-electron chi connectivity index (χ2n) is 4.19. The molecule has 3 rings (SSSR count). The molecule has 0 saturated carbocycles. The van der Waals surface area contributed by atoms with Crippen molar-refractivity contribution < 1.29 is 9.15 Å². The number of hydrogen-bond donors (Lipinski definition) is 0. The number of pyridine rings is 1. The Balaban J connectivity index is 2.58. The van der Waals surface area contributed by atoms with E-state index in [0.717, 1.165) is 33.2 Å². The Bertz CT molecular complexity index is 713. The van der Waals surface area contributed by atoms with Crippen LogP contribution < -0.4 is 4.74 Å². The van der Waals surface area contributed by atoms with Crippen molar-refractivity contribution in [2.24, 2.45) is 0 Å². The van der Waals surface area contributed by atoms with Crippen LogP contribution in [0, 0.1) is 13.8 Å². The van der Waals surface area contributed by atoms with Crippen molar-refractivity contribution in [1.82, 2.24) is 4.98 Å². The Labute approximate surface area is 99.0 Å². The van der Waals surface area contributed by atoms with Crippen LogP contribution in [-0.2, 0) is 0 Å². The van der Waals surface area contributed by atoms with Gasteiger partial charge in [0.1, 0.15) is 11.3 Å². The van der Waals surface area contributed by atoms with E-state index in [9.17, 15) is 0 Å². The van der Waals surface area contributed by atoms with Crippen LogP contribution in [-0.4, -0.2) is 12.1 Å². The largest absolute Gasteiger partial charge is 0.480 e. The Hall–Kier alpha value is -2.03. The number of ether oxygens (including phenoxy) is 1. The summed E-state index contributed by atoms with van der Waals surface area (Å²) in [5, 5.41) is 1.97. The fraction of sp³-hybridized carbons (Fsp3) is 0.214. The van der Waals surface area contributed by atoms with Gasteiger partial charge < -0.3 is 9.15 Å². The Morgan fingerprint density at radius 3 is 2.76 bits per heavy atom. The van der Waals surface area contributed by atoms with Crippen molar-refractivity contribution in [2.45, 2.75) is 13.8 Å². The van der Waals surface area contributed by atoms with Gasteiger partial charge in [-0.15, -0.1) is 0 Å². The number of furan rings is 1. The van der Waals surface area contributed by atoms with Gasteiger partial charge in [-0.3, -0.25) is 0 Å². The predicted octanol–water partition coefficient (Wildman–Crippen LogP) is 3.61. The predicted molar refractivity (Wildman–Crippen MR) is 67.5 cm³/mol. The summed E-state index contributed by atoms with van der Waals surface area (Å²) < 4.78 is 11.1. The lowest BCUT2D eigenvalue weighted by atomic mass is 10.1. The number of aryl methyl sites for hydroxylation is 2. The summed E-state index contributed by atoms with van der Waals surface area (Å²) in [4.78, 5) is 4.55. The molecular weight excluding hydrogens is 214 g/mol. The molecule has 0 fully saturated rings. The minimum atomic E-state index is 0.624. The quantitative estimate of drug-likeness (QED) is 0.637. The number of fused-ring (bicyclic) bond motifs is 3. The van der Waals surface area contributed by atoms with Gasteiger partial charge in [0, 0.05) is 5.39 Å². The standard InChI is InChI=1S/C14H13NO2/c1-8-5-4-6-10-12(8)15-14(16-3)11-7-9(2)17-13(10)11/h4-7H,1-3H3. The Kier molecular flexibility index (Phi) is 2.08. The van der Waals surface area contributed by atoms with Gasteiger partial charge in [0.15, 0.2) is 0 Å². The molecule has 0 atom stereocenters. The fourth-order valence-electron chi connectivity index (χ4n) is 2.18. The maximum absolute atomic E-state index is 5.76. The second kappa shape index (κ2) is 3.48. The third-order valence-corrected chi connectivity index (χ3v) is 2.97. The summed E-state index contributed by atoms with van der Waals surface area (Å²) in [5.74, 6) is 1.49. The van der Waals surface area contributed by atoms with Gasteiger partial charge in [0.25, 0.3) is 0 Å². The van der Waals surface area contributed by atoms with Gasteiger partial charge in [0.2, 0.25) is 5.88 Å². The zero-order valence-corrected chi connectivity index (χ0v) is 10.1. The first-order valence-electron chi connectivity index (χ1n) is 5.54. The molecule has 0 aliphatic carbocycles. The van der Waals surface area contributed by atoms with Crippen LogP contribution >= 0.6 is 0 Å². The molecule has 3 heteroatoms. The van der Waals surface area contributed by atoms with Crippen molar-refractivity contribution in [2.75, 3.05) is 7.11 Å². The highest BCUT2D eigenvalue weighted by atomic mass is 16.5. The molecule has 0 aliphatic heterocycles. The van der Waals surface area contributed by atoms with Crippen LogP contribution in [0.4, 0.5) is 0 Å². The summed E-state index contributed by atoms with van der Waals surface area (Å²) in [6.07, 6.45) is 0. The number of methoxy groups -OCH3 is 1. The molecule has 1 aromatic carbocycles. The molecule has 0 aliphatic rings. The van der Waals surface area contributed by atoms with E-state index in [4.69, 9.17) is 9.15 Å². The van der Waals surface area contributed by atoms with E-state index in [2.05, 4.69) is 4.98 Å². The summed E-state index contributed by atoms with van der Waals surface area (Å²) in [6, 6.07) is 8.04. The van der Waals surface area contributed by atoms with Crippen LogP contribution in [0.2, 0.25) is 0 Å². The lowest BCUT2D eigenvalue weighted by Gasteiger charge is -2.05. The normalized spacial score (nSPS) is 11.2. The minimum absolute atomic E-state index is 0.624. The molecule has 2 aromatic heterocycles. The summed E-state index contributed by atoms with van der Waals surface area (Å²) in [7, 11) is 1.63. The van der Waals surface area contributed by atoms with Crippen LogP contribution in [0.15, 0.2) is 28.7 Å². The Morgan fingerprint density at radius 2 is 2.00 bits per heavy atom. The van der Waals surface area contributed by atoms with Crippen LogP contribution in [0.5, 0.6) is 5.88 Å². The third kappa shape index (κ3) is 1.39. The topological polar surface area (TPSA) is 35.3 Å². The first-order valence-corrected chi connectivity index (χ1v) is 5.54. The summed E-state index contributed by atoms with van der Waals surface area (Å²) >= 11 is 0. The molecule has 0 radical (unpaired) electrons. The number of hydrogen-bond acceptors (Lipinski definition) is 3. The first-order chi connectivity index (χ1) is 8.20. The number of para-hydroxylation sites is 1. The maximum Gasteiger partial charge on any atom is 0.225 e. The van der Waals surface area contributed by atoms with E-state index in [0.29, 0.717) is 5.88 Å². The van der Waals surface area contributed by atoms with Crippen molar-refractivity contribution in [3.63, 3.8) is 0 Å². The van der Waals surface area contributed by atoms with E-state index in [1.54, 1.807) is 7.11 Å². The highest BCUT2D eigenvalue weighted by molar-refractivity contribution is 6.05. The van der Waals surface area contributed by atoms with Crippen molar-refractivity contribution >= 4 is 21.9 Å². The molecule has 0 N–H and O–H groups in total. The van der Waals surface area contributed by atoms with Gasteiger partial charge in [0.05, 0.1) is 18.0 Å². The van der Waals surface area contributed by atoms with E-state index in [-0.39, 0.29) is 0 Å². The first kappa shape index (κ1) is 10.1. The summed E-state index contributed by atoms with van der Waals surface area (Å²) in [5.41, 5.74) is 2.91. The molecule has 2 heterocycles. The van der Waals surface area contributed by atoms with E-state index in [1.165, 1.54) is 0 Å².